The topological polar surface area (TPSA) is 81.4 Å². The molecule has 0 fully saturated rings. The Kier molecular flexibility index (Phi) is 8.30. The van der Waals surface area contributed by atoms with Crippen molar-refractivity contribution in [2.45, 2.75) is 46.1 Å². The number of methoxy groups -OCH3 is 1. The lowest BCUT2D eigenvalue weighted by Crippen LogP contribution is -2.47. The maximum absolute atomic E-state index is 12.1. The van der Waals surface area contributed by atoms with Crippen molar-refractivity contribution in [3.63, 3.8) is 0 Å². The molecule has 0 aromatic heterocycles. The molecule has 0 heterocycles. The lowest BCUT2D eigenvalue weighted by atomic mass is 10.00. The minimum absolute atomic E-state index is 0.160. The number of thiocarbonyl (C=S) groups is 1. The zero-order chi connectivity index (χ0) is 15.0. The van der Waals surface area contributed by atoms with E-state index >= 15 is 0 Å². The first-order chi connectivity index (χ1) is 8.83. The van der Waals surface area contributed by atoms with Crippen molar-refractivity contribution in [3.05, 3.63) is 0 Å². The number of carbonyl (C=O) groups is 2. The van der Waals surface area contributed by atoms with Crippen LogP contribution in [0.1, 0.15) is 40.0 Å². The van der Waals surface area contributed by atoms with E-state index < -0.39 is 17.9 Å². The van der Waals surface area contributed by atoms with Gasteiger partial charge in [-0.3, -0.25) is 4.79 Å². The number of esters is 1. The van der Waals surface area contributed by atoms with Gasteiger partial charge in [-0.1, -0.05) is 39.4 Å². The molecule has 0 aliphatic rings. The number of hydrogen-bond acceptors (Lipinski definition) is 4. The van der Waals surface area contributed by atoms with Gasteiger partial charge < -0.3 is 15.8 Å². The van der Waals surface area contributed by atoms with Crippen LogP contribution in [0.3, 0.4) is 0 Å². The van der Waals surface area contributed by atoms with E-state index in [1.165, 1.54) is 7.11 Å². The standard InChI is InChI=1S/C13H24N2O3S/c1-5-6-9(11(14)19)12(16)15-10(7-8(2)3)13(17)18-4/h8-10H,5-7H2,1-4H3,(H2,14,19)(H,15,16). The molecular formula is C13H24N2O3S. The van der Waals surface area contributed by atoms with Crippen molar-refractivity contribution in [1.82, 2.24) is 5.32 Å². The van der Waals surface area contributed by atoms with Gasteiger partial charge in [-0.2, -0.15) is 0 Å². The van der Waals surface area contributed by atoms with Gasteiger partial charge in [-0.15, -0.1) is 0 Å². The van der Waals surface area contributed by atoms with Crippen molar-refractivity contribution < 1.29 is 14.3 Å². The Morgan fingerprint density at radius 1 is 1.37 bits per heavy atom. The van der Waals surface area contributed by atoms with Crippen molar-refractivity contribution in [2.24, 2.45) is 17.6 Å². The number of nitrogens with two attached hydrogens (primary N) is 1. The van der Waals surface area contributed by atoms with Gasteiger partial charge in [0.15, 0.2) is 0 Å². The normalized spacial score (nSPS) is 13.7. The van der Waals surface area contributed by atoms with E-state index in [4.69, 9.17) is 22.7 Å². The van der Waals surface area contributed by atoms with Crippen molar-refractivity contribution in [2.75, 3.05) is 7.11 Å². The summed E-state index contributed by atoms with van der Waals surface area (Å²) in [5, 5.41) is 2.68. The van der Waals surface area contributed by atoms with E-state index in [-0.39, 0.29) is 16.8 Å². The summed E-state index contributed by atoms with van der Waals surface area (Å²) in [6.07, 6.45) is 1.90. The molecule has 0 aromatic rings. The molecule has 2 unspecified atom stereocenters. The van der Waals surface area contributed by atoms with E-state index in [0.29, 0.717) is 12.8 Å². The second-order valence-corrected chi connectivity index (χ2v) is 5.43. The predicted molar refractivity (Wildman–Crippen MR) is 78.6 cm³/mol. The molecule has 0 bridgehead atoms. The highest BCUT2D eigenvalue weighted by Crippen LogP contribution is 2.11. The molecule has 1 amide bonds. The van der Waals surface area contributed by atoms with Gasteiger partial charge in [-0.05, 0) is 18.8 Å². The molecule has 19 heavy (non-hydrogen) atoms. The third-order valence-corrected chi connectivity index (χ3v) is 3.03. The van der Waals surface area contributed by atoms with Crippen LogP contribution in [0.15, 0.2) is 0 Å². The fraction of sp³-hybridized carbons (Fsp3) is 0.769. The van der Waals surface area contributed by atoms with Crippen LogP contribution in [0.5, 0.6) is 0 Å². The van der Waals surface area contributed by atoms with E-state index in [0.717, 1.165) is 6.42 Å². The van der Waals surface area contributed by atoms with Crippen LogP contribution in [0.4, 0.5) is 0 Å². The molecule has 0 aliphatic heterocycles. The third kappa shape index (κ3) is 6.52. The summed E-state index contributed by atoms with van der Waals surface area (Å²) in [6.45, 7) is 5.89. The van der Waals surface area contributed by atoms with Gasteiger partial charge in [0.05, 0.1) is 18.0 Å². The fourth-order valence-corrected chi connectivity index (χ4v) is 2.02. The zero-order valence-electron chi connectivity index (χ0n) is 12.1. The highest BCUT2D eigenvalue weighted by Gasteiger charge is 2.27. The molecule has 0 spiro atoms. The zero-order valence-corrected chi connectivity index (χ0v) is 12.9. The summed E-state index contributed by atoms with van der Waals surface area (Å²) in [6, 6.07) is -0.647. The monoisotopic (exact) mass is 288 g/mol. The molecular weight excluding hydrogens is 264 g/mol. The van der Waals surface area contributed by atoms with E-state index in [9.17, 15) is 9.59 Å². The first kappa shape index (κ1) is 17.8. The quantitative estimate of drug-likeness (QED) is 0.521. The van der Waals surface area contributed by atoms with Crippen molar-refractivity contribution in [1.29, 1.82) is 0 Å². The minimum Gasteiger partial charge on any atom is -0.467 e. The maximum atomic E-state index is 12.1. The molecule has 0 rings (SSSR count). The van der Waals surface area contributed by atoms with Gasteiger partial charge in [0.25, 0.3) is 0 Å². The highest BCUT2D eigenvalue weighted by atomic mass is 32.1. The number of nitrogens with one attached hydrogen (secondary N) is 1. The van der Waals surface area contributed by atoms with E-state index in [2.05, 4.69) is 5.32 Å². The summed E-state index contributed by atoms with van der Waals surface area (Å²) in [4.78, 5) is 23.9. The minimum atomic E-state index is -0.647. The second-order valence-electron chi connectivity index (χ2n) is 4.96. The number of hydrogen-bond donors (Lipinski definition) is 2. The van der Waals surface area contributed by atoms with Crippen LogP contribution in [0.25, 0.3) is 0 Å². The van der Waals surface area contributed by atoms with Gasteiger partial charge in [-0.25, -0.2) is 4.79 Å². The van der Waals surface area contributed by atoms with Crippen LogP contribution in [0.2, 0.25) is 0 Å². The fourth-order valence-electron chi connectivity index (χ4n) is 1.79. The second kappa shape index (κ2) is 8.85. The number of rotatable bonds is 8. The summed E-state index contributed by atoms with van der Waals surface area (Å²) in [7, 11) is 1.30. The number of ether oxygens (including phenoxy) is 1. The largest absolute Gasteiger partial charge is 0.467 e. The Morgan fingerprint density at radius 3 is 2.32 bits per heavy atom. The molecule has 0 aromatic carbocycles. The van der Waals surface area contributed by atoms with Crippen molar-refractivity contribution in [3.8, 4) is 0 Å². The predicted octanol–water partition coefficient (Wildman–Crippen LogP) is 1.39. The SMILES string of the molecule is CCCC(C(=O)NC(CC(C)C)C(=O)OC)C(N)=S. The smallest absolute Gasteiger partial charge is 0.328 e. The van der Waals surface area contributed by atoms with E-state index in [1.54, 1.807) is 0 Å². The molecule has 3 N–H and O–H groups in total. The molecule has 0 radical (unpaired) electrons. The molecule has 0 saturated carbocycles. The molecule has 6 heteroatoms. The lowest BCUT2D eigenvalue weighted by molar-refractivity contribution is -0.145. The molecule has 110 valence electrons. The Hall–Kier alpha value is -1.17. The Balaban J connectivity index is 4.76. The van der Waals surface area contributed by atoms with Gasteiger partial charge in [0.2, 0.25) is 5.91 Å². The summed E-state index contributed by atoms with van der Waals surface area (Å²) >= 11 is 4.89. The van der Waals surface area contributed by atoms with Gasteiger partial charge in [0.1, 0.15) is 6.04 Å². The average Bonchev–Trinajstić information content (AvgIpc) is 2.32. The molecule has 0 aliphatic carbocycles. The van der Waals surface area contributed by atoms with Crippen LogP contribution >= 0.6 is 12.2 Å². The first-order valence-electron chi connectivity index (χ1n) is 6.50. The Bertz CT molecular complexity index is 332. The van der Waals surface area contributed by atoms with Crippen LogP contribution in [0, 0.1) is 11.8 Å². The molecule has 5 nitrogen and oxygen atoms in total. The number of carbonyl (C=O) groups excluding carboxylic acids is 2. The van der Waals surface area contributed by atoms with Gasteiger partial charge in [0, 0.05) is 0 Å². The maximum Gasteiger partial charge on any atom is 0.328 e. The molecule has 2 atom stereocenters. The Morgan fingerprint density at radius 2 is 1.95 bits per heavy atom. The van der Waals surface area contributed by atoms with Gasteiger partial charge >= 0.3 is 5.97 Å². The number of amides is 1. The average molecular weight is 288 g/mol. The summed E-state index contributed by atoms with van der Waals surface area (Å²) in [5.74, 6) is -1.01. The molecule has 0 saturated heterocycles. The lowest BCUT2D eigenvalue weighted by Gasteiger charge is -2.21. The van der Waals surface area contributed by atoms with Crippen molar-refractivity contribution >= 4 is 29.1 Å². The Labute approximate surface area is 120 Å². The highest BCUT2D eigenvalue weighted by molar-refractivity contribution is 7.80. The van der Waals surface area contributed by atoms with Crippen LogP contribution in [-0.2, 0) is 14.3 Å². The summed E-state index contributed by atoms with van der Waals surface area (Å²) < 4.78 is 4.70. The van der Waals surface area contributed by atoms with E-state index in [1.807, 2.05) is 20.8 Å². The third-order valence-electron chi connectivity index (χ3n) is 2.75. The van der Waals surface area contributed by atoms with Crippen LogP contribution < -0.4 is 11.1 Å². The first-order valence-corrected chi connectivity index (χ1v) is 6.91. The van der Waals surface area contributed by atoms with Crippen LogP contribution in [-0.4, -0.2) is 30.0 Å². The summed E-state index contributed by atoms with van der Waals surface area (Å²) in [5.41, 5.74) is 5.56.